The third-order valence-electron chi connectivity index (χ3n) is 3.73. The van der Waals surface area contributed by atoms with Crippen LogP contribution in [0.1, 0.15) is 53.6 Å². The van der Waals surface area contributed by atoms with Gasteiger partial charge >= 0.3 is 0 Å². The van der Waals surface area contributed by atoms with Crippen molar-refractivity contribution in [3.05, 3.63) is 70.3 Å². The van der Waals surface area contributed by atoms with Gasteiger partial charge in [0.25, 0.3) is 0 Å². The van der Waals surface area contributed by atoms with Crippen molar-refractivity contribution < 1.29 is 0 Å². The van der Waals surface area contributed by atoms with Gasteiger partial charge in [0.1, 0.15) is 0 Å². The summed E-state index contributed by atoms with van der Waals surface area (Å²) in [6, 6.07) is 15.1. The molecule has 1 nitrogen and oxygen atoms in total. The Labute approximate surface area is 116 Å². The summed E-state index contributed by atoms with van der Waals surface area (Å²) < 4.78 is 0. The van der Waals surface area contributed by atoms with Crippen LogP contribution in [-0.4, -0.2) is 0 Å². The quantitative estimate of drug-likeness (QED) is 0.857. The molecule has 2 aromatic carbocycles. The van der Waals surface area contributed by atoms with Crippen LogP contribution in [0.15, 0.2) is 42.5 Å². The molecule has 0 aromatic heterocycles. The first-order valence-corrected chi connectivity index (χ1v) is 6.91. The predicted molar refractivity (Wildman–Crippen MR) is 82.5 cm³/mol. The summed E-state index contributed by atoms with van der Waals surface area (Å²) in [5.74, 6) is 0.561. The molecule has 0 heterocycles. The minimum Gasteiger partial charge on any atom is -0.320 e. The lowest BCUT2D eigenvalue weighted by molar-refractivity contribution is 0.842. The normalized spacial score (nSPS) is 12.7. The fourth-order valence-corrected chi connectivity index (χ4v) is 2.36. The molecule has 19 heavy (non-hydrogen) atoms. The van der Waals surface area contributed by atoms with Crippen LogP contribution < -0.4 is 5.73 Å². The fourth-order valence-electron chi connectivity index (χ4n) is 2.36. The molecular formula is C18H23N. The highest BCUT2D eigenvalue weighted by Gasteiger charge is 2.12. The van der Waals surface area contributed by atoms with Crippen LogP contribution >= 0.6 is 0 Å². The average molecular weight is 253 g/mol. The third kappa shape index (κ3) is 3.05. The lowest BCUT2D eigenvalue weighted by Gasteiger charge is -2.17. The lowest BCUT2D eigenvalue weighted by Crippen LogP contribution is -2.13. The van der Waals surface area contributed by atoms with E-state index in [0.29, 0.717) is 5.92 Å². The van der Waals surface area contributed by atoms with E-state index in [-0.39, 0.29) is 6.04 Å². The molecular weight excluding hydrogens is 230 g/mol. The first-order chi connectivity index (χ1) is 8.99. The Bertz CT molecular complexity index is 552. The molecule has 2 aromatic rings. The molecule has 100 valence electrons. The van der Waals surface area contributed by atoms with E-state index in [4.69, 9.17) is 5.73 Å². The summed E-state index contributed by atoms with van der Waals surface area (Å²) in [7, 11) is 0. The van der Waals surface area contributed by atoms with E-state index in [2.05, 4.69) is 70.2 Å². The maximum Gasteiger partial charge on any atom is 0.0554 e. The van der Waals surface area contributed by atoms with Gasteiger partial charge in [0.2, 0.25) is 0 Å². The van der Waals surface area contributed by atoms with Crippen molar-refractivity contribution in [1.82, 2.24) is 0 Å². The number of nitrogens with two attached hydrogens (primary N) is 1. The van der Waals surface area contributed by atoms with Crippen LogP contribution in [0, 0.1) is 13.8 Å². The highest BCUT2D eigenvalue weighted by molar-refractivity contribution is 5.39. The van der Waals surface area contributed by atoms with Gasteiger partial charge in [0.15, 0.2) is 0 Å². The van der Waals surface area contributed by atoms with Crippen molar-refractivity contribution in [1.29, 1.82) is 0 Å². The van der Waals surface area contributed by atoms with E-state index in [9.17, 15) is 0 Å². The number of rotatable bonds is 3. The topological polar surface area (TPSA) is 26.0 Å². The second-order valence-electron chi connectivity index (χ2n) is 5.66. The summed E-state index contributed by atoms with van der Waals surface area (Å²) >= 11 is 0. The Morgan fingerprint density at radius 1 is 0.842 bits per heavy atom. The van der Waals surface area contributed by atoms with Crippen molar-refractivity contribution in [3.63, 3.8) is 0 Å². The summed E-state index contributed by atoms with van der Waals surface area (Å²) in [6.45, 7) is 8.65. The smallest absolute Gasteiger partial charge is 0.0554 e. The van der Waals surface area contributed by atoms with Crippen LogP contribution in [0.25, 0.3) is 0 Å². The lowest BCUT2D eigenvalue weighted by atomic mass is 9.92. The van der Waals surface area contributed by atoms with E-state index < -0.39 is 0 Å². The van der Waals surface area contributed by atoms with Crippen molar-refractivity contribution in [3.8, 4) is 0 Å². The van der Waals surface area contributed by atoms with Gasteiger partial charge in [-0.1, -0.05) is 61.9 Å². The van der Waals surface area contributed by atoms with E-state index in [1.807, 2.05) is 0 Å². The van der Waals surface area contributed by atoms with Crippen molar-refractivity contribution in [2.24, 2.45) is 5.73 Å². The molecule has 0 amide bonds. The Balaban J connectivity index is 2.33. The Hall–Kier alpha value is -1.60. The van der Waals surface area contributed by atoms with Gasteiger partial charge in [-0.25, -0.2) is 0 Å². The van der Waals surface area contributed by atoms with Crippen LogP contribution in [0.5, 0.6) is 0 Å². The predicted octanol–water partition coefficient (Wildman–Crippen LogP) is 4.47. The van der Waals surface area contributed by atoms with Crippen LogP contribution in [0.2, 0.25) is 0 Å². The highest BCUT2D eigenvalue weighted by Crippen LogP contribution is 2.25. The molecule has 0 radical (unpaired) electrons. The van der Waals surface area contributed by atoms with Crippen molar-refractivity contribution in [2.45, 2.75) is 39.7 Å². The molecule has 1 atom stereocenters. The molecule has 1 unspecified atom stereocenters. The Morgan fingerprint density at radius 3 is 2.00 bits per heavy atom. The molecule has 0 bridgehead atoms. The standard InChI is InChI=1S/C18H23N/c1-12(2)15-7-9-16(10-8-15)18(19)17-11-13(3)5-6-14(17)4/h5-12,18H,19H2,1-4H3. The summed E-state index contributed by atoms with van der Waals surface area (Å²) in [5.41, 5.74) is 12.7. The second-order valence-corrected chi connectivity index (χ2v) is 5.66. The second kappa shape index (κ2) is 5.58. The number of aryl methyl sites for hydroxylation is 2. The summed E-state index contributed by atoms with van der Waals surface area (Å²) in [6.07, 6.45) is 0. The van der Waals surface area contributed by atoms with Gasteiger partial charge in [0, 0.05) is 0 Å². The van der Waals surface area contributed by atoms with E-state index in [0.717, 1.165) is 0 Å². The van der Waals surface area contributed by atoms with Gasteiger partial charge < -0.3 is 5.73 Å². The molecule has 0 fully saturated rings. The molecule has 0 saturated carbocycles. The Kier molecular flexibility index (Phi) is 4.06. The summed E-state index contributed by atoms with van der Waals surface area (Å²) in [5, 5.41) is 0. The number of hydrogen-bond acceptors (Lipinski definition) is 1. The zero-order valence-corrected chi connectivity index (χ0v) is 12.3. The first kappa shape index (κ1) is 13.8. The van der Waals surface area contributed by atoms with Gasteiger partial charge in [0.05, 0.1) is 6.04 Å². The van der Waals surface area contributed by atoms with Gasteiger partial charge in [-0.2, -0.15) is 0 Å². The van der Waals surface area contributed by atoms with E-state index >= 15 is 0 Å². The number of hydrogen-bond donors (Lipinski definition) is 1. The molecule has 0 aliphatic heterocycles. The maximum absolute atomic E-state index is 6.41. The Morgan fingerprint density at radius 2 is 1.42 bits per heavy atom. The van der Waals surface area contributed by atoms with Crippen LogP contribution in [-0.2, 0) is 0 Å². The fraction of sp³-hybridized carbons (Fsp3) is 0.333. The molecule has 2 N–H and O–H groups in total. The average Bonchev–Trinajstić information content (AvgIpc) is 2.41. The first-order valence-electron chi connectivity index (χ1n) is 6.91. The molecule has 0 saturated heterocycles. The van der Waals surface area contributed by atoms with Crippen molar-refractivity contribution >= 4 is 0 Å². The van der Waals surface area contributed by atoms with E-state index in [1.54, 1.807) is 0 Å². The van der Waals surface area contributed by atoms with Gasteiger partial charge in [-0.15, -0.1) is 0 Å². The zero-order valence-electron chi connectivity index (χ0n) is 12.3. The molecule has 0 aliphatic rings. The molecule has 1 heteroatoms. The minimum atomic E-state index is -0.0406. The minimum absolute atomic E-state index is 0.0406. The van der Waals surface area contributed by atoms with Crippen molar-refractivity contribution in [2.75, 3.05) is 0 Å². The largest absolute Gasteiger partial charge is 0.320 e. The summed E-state index contributed by atoms with van der Waals surface area (Å²) in [4.78, 5) is 0. The zero-order chi connectivity index (χ0) is 14.0. The molecule has 0 spiro atoms. The van der Waals surface area contributed by atoms with E-state index in [1.165, 1.54) is 27.8 Å². The number of benzene rings is 2. The van der Waals surface area contributed by atoms with Crippen LogP contribution in [0.3, 0.4) is 0 Å². The monoisotopic (exact) mass is 253 g/mol. The molecule has 0 aliphatic carbocycles. The SMILES string of the molecule is Cc1ccc(C)c(C(N)c2ccc(C(C)C)cc2)c1. The molecule has 2 rings (SSSR count). The third-order valence-corrected chi connectivity index (χ3v) is 3.73. The highest BCUT2D eigenvalue weighted by atomic mass is 14.6. The van der Waals surface area contributed by atoms with Gasteiger partial charge in [-0.3, -0.25) is 0 Å². The van der Waals surface area contributed by atoms with Crippen LogP contribution in [0.4, 0.5) is 0 Å². The van der Waals surface area contributed by atoms with Gasteiger partial charge in [-0.05, 0) is 42.0 Å². The maximum atomic E-state index is 6.41.